The first-order valence-electron chi connectivity index (χ1n) is 6.46. The molecule has 0 heterocycles. The van der Waals surface area contributed by atoms with Gasteiger partial charge in [0.05, 0.1) is 12.0 Å². The number of aliphatic hydroxyl groups is 1. The molecule has 0 aromatic rings. The highest BCUT2D eigenvalue weighted by atomic mass is 16.5. The average Bonchev–Trinajstić information content (AvgIpc) is 2.25. The third-order valence-corrected chi connectivity index (χ3v) is 2.59. The van der Waals surface area contributed by atoms with Crippen LogP contribution in [0.5, 0.6) is 0 Å². The average molecular weight is 230 g/mol. The highest BCUT2D eigenvalue weighted by molar-refractivity contribution is 5.72. The van der Waals surface area contributed by atoms with E-state index in [2.05, 4.69) is 13.8 Å². The van der Waals surface area contributed by atoms with E-state index in [-0.39, 0.29) is 18.5 Å². The fourth-order valence-electron chi connectivity index (χ4n) is 1.69. The molecular weight excluding hydrogens is 204 g/mol. The Hall–Kier alpha value is -0.570. The lowest BCUT2D eigenvalue weighted by Gasteiger charge is -2.15. The Morgan fingerprint density at radius 3 is 2.38 bits per heavy atom. The first-order valence-corrected chi connectivity index (χ1v) is 6.46. The van der Waals surface area contributed by atoms with Crippen molar-refractivity contribution in [1.29, 1.82) is 0 Å². The molecule has 0 saturated heterocycles. The highest BCUT2D eigenvalue weighted by Crippen LogP contribution is 2.17. The molecule has 3 heteroatoms. The number of aliphatic hydroxyl groups excluding tert-OH is 1. The Morgan fingerprint density at radius 1 is 1.19 bits per heavy atom. The summed E-state index contributed by atoms with van der Waals surface area (Å²) >= 11 is 0. The number of esters is 1. The van der Waals surface area contributed by atoms with Crippen molar-refractivity contribution in [3.05, 3.63) is 0 Å². The predicted molar refractivity (Wildman–Crippen MR) is 65.2 cm³/mol. The van der Waals surface area contributed by atoms with E-state index in [4.69, 9.17) is 9.84 Å². The van der Waals surface area contributed by atoms with Crippen molar-refractivity contribution in [2.75, 3.05) is 6.61 Å². The molecule has 16 heavy (non-hydrogen) atoms. The minimum atomic E-state index is -0.568. The maximum atomic E-state index is 11.7. The molecule has 0 radical (unpaired) electrons. The van der Waals surface area contributed by atoms with Gasteiger partial charge in [0.2, 0.25) is 0 Å². The maximum absolute atomic E-state index is 11.7. The molecule has 0 aliphatic rings. The van der Waals surface area contributed by atoms with E-state index < -0.39 is 6.10 Å². The first kappa shape index (κ1) is 15.4. The number of ether oxygens (including phenoxy) is 1. The summed E-state index contributed by atoms with van der Waals surface area (Å²) in [5.41, 5.74) is 0. The summed E-state index contributed by atoms with van der Waals surface area (Å²) in [6, 6.07) is 0. The van der Waals surface area contributed by atoms with E-state index in [9.17, 15) is 4.79 Å². The molecule has 0 amide bonds. The largest absolute Gasteiger partial charge is 0.463 e. The molecule has 0 aromatic carbocycles. The third kappa shape index (κ3) is 7.69. The zero-order chi connectivity index (χ0) is 12.4. The van der Waals surface area contributed by atoms with E-state index in [1.165, 1.54) is 12.8 Å². The number of carbonyl (C=O) groups is 1. The molecule has 0 aromatic heterocycles. The quantitative estimate of drug-likeness (QED) is 0.489. The molecule has 2 atom stereocenters. The van der Waals surface area contributed by atoms with Gasteiger partial charge < -0.3 is 9.84 Å². The normalized spacial score (nSPS) is 14.5. The maximum Gasteiger partial charge on any atom is 0.309 e. The number of hydrogen-bond acceptors (Lipinski definition) is 3. The van der Waals surface area contributed by atoms with Crippen molar-refractivity contribution >= 4 is 5.97 Å². The molecule has 0 rings (SSSR count). The summed E-state index contributed by atoms with van der Waals surface area (Å²) in [6.45, 7) is 5.97. The van der Waals surface area contributed by atoms with Crippen LogP contribution in [0.4, 0.5) is 0 Å². The van der Waals surface area contributed by atoms with E-state index in [0.29, 0.717) is 0 Å². The van der Waals surface area contributed by atoms with Gasteiger partial charge in [0, 0.05) is 0 Å². The van der Waals surface area contributed by atoms with Gasteiger partial charge in [-0.3, -0.25) is 4.79 Å². The van der Waals surface area contributed by atoms with E-state index in [1.54, 1.807) is 6.92 Å². The van der Waals surface area contributed by atoms with Gasteiger partial charge in [0.1, 0.15) is 6.61 Å². The van der Waals surface area contributed by atoms with Crippen LogP contribution in [0.1, 0.15) is 59.3 Å². The lowest BCUT2D eigenvalue weighted by Crippen LogP contribution is -2.22. The van der Waals surface area contributed by atoms with Crippen LogP contribution < -0.4 is 0 Å². The molecule has 0 spiro atoms. The molecular formula is C13H26O3. The predicted octanol–water partition coefficient (Wildman–Crippen LogP) is 2.91. The molecule has 0 aliphatic heterocycles. The van der Waals surface area contributed by atoms with Gasteiger partial charge in [-0.1, -0.05) is 39.5 Å². The van der Waals surface area contributed by atoms with Crippen molar-refractivity contribution in [1.82, 2.24) is 0 Å². The monoisotopic (exact) mass is 230 g/mol. The van der Waals surface area contributed by atoms with E-state index in [1.807, 2.05) is 0 Å². The lowest BCUT2D eigenvalue weighted by atomic mass is 9.97. The summed E-state index contributed by atoms with van der Waals surface area (Å²) < 4.78 is 5.06. The van der Waals surface area contributed by atoms with Gasteiger partial charge in [0.15, 0.2) is 0 Å². The Kier molecular flexibility index (Phi) is 9.30. The molecule has 0 saturated carbocycles. The Balaban J connectivity index is 3.92. The number of unbranched alkanes of at least 4 members (excludes halogenated alkanes) is 2. The fraction of sp³-hybridized carbons (Fsp3) is 0.923. The second-order valence-electron chi connectivity index (χ2n) is 4.46. The van der Waals surface area contributed by atoms with Crippen molar-refractivity contribution in [3.8, 4) is 0 Å². The van der Waals surface area contributed by atoms with Gasteiger partial charge in [-0.15, -0.1) is 0 Å². The van der Waals surface area contributed by atoms with Crippen molar-refractivity contribution in [2.45, 2.75) is 65.4 Å². The smallest absolute Gasteiger partial charge is 0.309 e. The fourth-order valence-corrected chi connectivity index (χ4v) is 1.69. The second kappa shape index (κ2) is 9.64. The Bertz CT molecular complexity index is 178. The van der Waals surface area contributed by atoms with Gasteiger partial charge >= 0.3 is 5.97 Å². The minimum Gasteiger partial charge on any atom is -0.463 e. The number of hydrogen-bond donors (Lipinski definition) is 1. The van der Waals surface area contributed by atoms with Crippen LogP contribution in [0.25, 0.3) is 0 Å². The van der Waals surface area contributed by atoms with Crippen LogP contribution in [-0.2, 0) is 9.53 Å². The zero-order valence-electron chi connectivity index (χ0n) is 10.9. The standard InChI is InChI=1S/C13H26O3/c1-4-6-7-9-12(8-5-2)13(15)16-10-11(3)14/h11-12,14H,4-10H2,1-3H3. The number of carbonyl (C=O) groups excluding carboxylic acids is 1. The molecule has 0 aliphatic carbocycles. The van der Waals surface area contributed by atoms with Crippen molar-refractivity contribution < 1.29 is 14.6 Å². The molecule has 96 valence electrons. The minimum absolute atomic E-state index is 0.0234. The van der Waals surface area contributed by atoms with Crippen LogP contribution in [0.2, 0.25) is 0 Å². The van der Waals surface area contributed by atoms with Gasteiger partial charge in [-0.25, -0.2) is 0 Å². The number of rotatable bonds is 9. The zero-order valence-corrected chi connectivity index (χ0v) is 10.9. The highest BCUT2D eigenvalue weighted by Gasteiger charge is 2.18. The van der Waals surface area contributed by atoms with Crippen LogP contribution in [0.15, 0.2) is 0 Å². The summed E-state index contributed by atoms with van der Waals surface area (Å²) in [4.78, 5) is 11.7. The molecule has 0 fully saturated rings. The molecule has 1 N–H and O–H groups in total. The van der Waals surface area contributed by atoms with Gasteiger partial charge in [0.25, 0.3) is 0 Å². The third-order valence-electron chi connectivity index (χ3n) is 2.59. The second-order valence-corrected chi connectivity index (χ2v) is 4.46. The Labute approximate surface area is 99.2 Å². The van der Waals surface area contributed by atoms with Crippen LogP contribution in [0, 0.1) is 5.92 Å². The van der Waals surface area contributed by atoms with Gasteiger partial charge in [-0.05, 0) is 19.8 Å². The summed E-state index contributed by atoms with van der Waals surface area (Å²) in [7, 11) is 0. The first-order chi connectivity index (χ1) is 7.61. The van der Waals surface area contributed by atoms with Crippen LogP contribution >= 0.6 is 0 Å². The molecule has 3 nitrogen and oxygen atoms in total. The molecule has 0 bridgehead atoms. The van der Waals surface area contributed by atoms with Crippen molar-refractivity contribution in [2.24, 2.45) is 5.92 Å². The summed E-state index contributed by atoms with van der Waals surface area (Å²) in [5.74, 6) is -0.117. The Morgan fingerprint density at radius 2 is 1.88 bits per heavy atom. The van der Waals surface area contributed by atoms with E-state index >= 15 is 0 Å². The van der Waals surface area contributed by atoms with E-state index in [0.717, 1.165) is 25.7 Å². The van der Waals surface area contributed by atoms with Crippen LogP contribution in [-0.4, -0.2) is 23.8 Å². The van der Waals surface area contributed by atoms with Crippen molar-refractivity contribution in [3.63, 3.8) is 0 Å². The topological polar surface area (TPSA) is 46.5 Å². The SMILES string of the molecule is CCCCCC(CCC)C(=O)OCC(C)O. The summed E-state index contributed by atoms with van der Waals surface area (Å²) in [5, 5.41) is 9.05. The summed E-state index contributed by atoms with van der Waals surface area (Å²) in [6.07, 6.45) is 5.67. The molecule has 2 unspecified atom stereocenters. The lowest BCUT2D eigenvalue weighted by molar-refractivity contribution is -0.151. The van der Waals surface area contributed by atoms with Gasteiger partial charge in [-0.2, -0.15) is 0 Å². The van der Waals surface area contributed by atoms with Crippen LogP contribution in [0.3, 0.4) is 0 Å².